The minimum Gasteiger partial charge on any atom is -0.339 e. The molecular weight excluding hydrogens is 410 g/mol. The number of carbonyl (C=O) groups excluding carboxylic acids is 2. The van der Waals surface area contributed by atoms with Crippen molar-refractivity contribution in [1.29, 1.82) is 0 Å². The number of fused-ring (bicyclic) bond motifs is 2. The number of likely N-dealkylation sites (N-methyl/N-ethyl adjacent to an activating group) is 1. The molecule has 2 atom stereocenters. The van der Waals surface area contributed by atoms with E-state index in [-0.39, 0.29) is 17.4 Å². The lowest BCUT2D eigenvalue weighted by atomic mass is 9.64. The van der Waals surface area contributed by atoms with E-state index in [1.54, 1.807) is 12.1 Å². The number of amides is 1. The molecule has 1 amide bonds. The van der Waals surface area contributed by atoms with E-state index in [0.29, 0.717) is 37.3 Å². The Morgan fingerprint density at radius 3 is 2.31 bits per heavy atom. The lowest BCUT2D eigenvalue weighted by Crippen LogP contribution is -2.57. The summed E-state index contributed by atoms with van der Waals surface area (Å²) in [6, 6.07) is 5.89. The number of nitrogens with zero attached hydrogens (tertiary/aromatic N) is 4. The molecule has 1 aromatic rings. The van der Waals surface area contributed by atoms with Crippen LogP contribution in [0, 0.1) is 26.4 Å². The van der Waals surface area contributed by atoms with Crippen molar-refractivity contribution < 1.29 is 14.5 Å². The van der Waals surface area contributed by atoms with Crippen LogP contribution >= 0.6 is 0 Å². The monoisotopic (exact) mass is 441 g/mol. The molecule has 0 spiro atoms. The van der Waals surface area contributed by atoms with Gasteiger partial charge in [0.1, 0.15) is 11.1 Å². The Balaban J connectivity index is 1.62. The maximum absolute atomic E-state index is 13.8. The number of hydrazone groups is 1. The molecule has 3 aliphatic rings. The van der Waals surface area contributed by atoms with Gasteiger partial charge in [0.15, 0.2) is 5.78 Å². The highest BCUT2D eigenvalue weighted by molar-refractivity contribution is 6.50. The highest BCUT2D eigenvalue weighted by atomic mass is 16.6. The van der Waals surface area contributed by atoms with E-state index in [2.05, 4.69) is 22.4 Å². The molecule has 1 N–H and O–H groups in total. The lowest BCUT2D eigenvalue weighted by Gasteiger charge is -2.43. The molecule has 1 heterocycles. The fraction of sp³-hybridized carbons (Fsp3) is 0.609. The number of Topliss-reactive ketones (excluding diaryl/α,β-unsaturated/α-hetero) is 1. The molecule has 1 aliphatic heterocycles. The first-order valence-electron chi connectivity index (χ1n) is 11.2. The molecule has 1 saturated heterocycles. The quantitative estimate of drug-likeness (QED) is 0.428. The van der Waals surface area contributed by atoms with Gasteiger partial charge in [-0.2, -0.15) is 5.10 Å². The lowest BCUT2D eigenvalue weighted by molar-refractivity contribution is -0.384. The topological polar surface area (TPSA) is 108 Å². The van der Waals surface area contributed by atoms with Crippen LogP contribution in [0.4, 0.5) is 11.4 Å². The highest BCUT2D eigenvalue weighted by Crippen LogP contribution is 2.69. The third-order valence-corrected chi connectivity index (χ3v) is 8.42. The summed E-state index contributed by atoms with van der Waals surface area (Å²) >= 11 is 0. The predicted molar refractivity (Wildman–Crippen MR) is 121 cm³/mol. The molecule has 2 unspecified atom stereocenters. The summed E-state index contributed by atoms with van der Waals surface area (Å²) in [5.74, 6) is -0.249. The molecule has 0 aromatic heterocycles. The van der Waals surface area contributed by atoms with Crippen molar-refractivity contribution in [1.82, 2.24) is 9.80 Å². The number of carbonyl (C=O) groups is 2. The van der Waals surface area contributed by atoms with E-state index < -0.39 is 21.2 Å². The van der Waals surface area contributed by atoms with Crippen molar-refractivity contribution in [2.75, 3.05) is 38.1 Å². The van der Waals surface area contributed by atoms with E-state index in [4.69, 9.17) is 0 Å². The van der Waals surface area contributed by atoms with Crippen LogP contribution in [0.5, 0.6) is 0 Å². The van der Waals surface area contributed by atoms with Gasteiger partial charge in [-0.1, -0.05) is 27.7 Å². The molecule has 0 radical (unpaired) electrons. The number of benzene rings is 1. The van der Waals surface area contributed by atoms with E-state index in [9.17, 15) is 19.7 Å². The molecular formula is C23H31N5O4. The molecule has 3 fully saturated rings. The number of ketones is 1. The Bertz CT molecular complexity index is 981. The summed E-state index contributed by atoms with van der Waals surface area (Å²) in [6.45, 7) is 12.1. The number of anilines is 1. The predicted octanol–water partition coefficient (Wildman–Crippen LogP) is 2.92. The van der Waals surface area contributed by atoms with Crippen LogP contribution in [0.2, 0.25) is 0 Å². The summed E-state index contributed by atoms with van der Waals surface area (Å²) in [4.78, 5) is 42.1. The van der Waals surface area contributed by atoms with Gasteiger partial charge >= 0.3 is 0 Å². The van der Waals surface area contributed by atoms with Crippen LogP contribution in [-0.2, 0) is 9.59 Å². The fourth-order valence-corrected chi connectivity index (χ4v) is 5.76. The van der Waals surface area contributed by atoms with Gasteiger partial charge in [-0.3, -0.25) is 25.1 Å². The van der Waals surface area contributed by atoms with Gasteiger partial charge in [0.25, 0.3) is 5.69 Å². The van der Waals surface area contributed by atoms with Gasteiger partial charge in [0.2, 0.25) is 5.91 Å². The number of hydrogen-bond donors (Lipinski definition) is 1. The molecule has 9 nitrogen and oxygen atoms in total. The van der Waals surface area contributed by atoms with Crippen molar-refractivity contribution in [3.63, 3.8) is 0 Å². The first-order chi connectivity index (χ1) is 15.1. The van der Waals surface area contributed by atoms with Crippen LogP contribution in [-0.4, -0.2) is 64.8 Å². The largest absolute Gasteiger partial charge is 0.339 e. The number of non-ortho nitro benzene ring substituents is 1. The molecule has 9 heteroatoms. The third-order valence-electron chi connectivity index (χ3n) is 8.42. The summed E-state index contributed by atoms with van der Waals surface area (Å²) in [6.07, 6.45) is 1.26. The third kappa shape index (κ3) is 2.97. The fourth-order valence-electron chi connectivity index (χ4n) is 5.76. The molecule has 2 aliphatic carbocycles. The molecule has 172 valence electrons. The molecule has 2 bridgehead atoms. The summed E-state index contributed by atoms with van der Waals surface area (Å²) in [7, 11) is 0. The number of nitro benzene ring substituents is 1. The molecule has 2 saturated carbocycles. The number of hydrogen-bond acceptors (Lipinski definition) is 7. The van der Waals surface area contributed by atoms with Crippen LogP contribution in [0.1, 0.15) is 40.5 Å². The SMILES string of the molecule is CCN1CCN(C(=O)C23CCC(C)(/C(=N/Nc4ccc([N+](=O)[O-])cc4)C2=O)C3(C)C)CC1. The normalized spacial score (nSPS) is 30.7. The van der Waals surface area contributed by atoms with Gasteiger partial charge in [0, 0.05) is 43.7 Å². The van der Waals surface area contributed by atoms with Gasteiger partial charge < -0.3 is 9.80 Å². The summed E-state index contributed by atoms with van der Waals surface area (Å²) in [5, 5.41) is 15.3. The van der Waals surface area contributed by atoms with Crippen molar-refractivity contribution in [3.8, 4) is 0 Å². The van der Waals surface area contributed by atoms with Crippen molar-refractivity contribution in [2.45, 2.75) is 40.5 Å². The van der Waals surface area contributed by atoms with Gasteiger partial charge in [-0.05, 0) is 36.9 Å². The number of nitro groups is 1. The summed E-state index contributed by atoms with van der Waals surface area (Å²) in [5.41, 5.74) is 1.64. The van der Waals surface area contributed by atoms with Gasteiger partial charge in [-0.15, -0.1) is 0 Å². The van der Waals surface area contributed by atoms with Crippen molar-refractivity contribution in [2.24, 2.45) is 21.3 Å². The second-order valence-corrected chi connectivity index (χ2v) is 9.79. The Hall–Kier alpha value is -2.81. The maximum Gasteiger partial charge on any atom is 0.269 e. The average Bonchev–Trinajstić information content (AvgIpc) is 3.06. The average molecular weight is 442 g/mol. The zero-order valence-corrected chi connectivity index (χ0v) is 19.2. The number of nitrogens with one attached hydrogen (secondary N) is 1. The molecule has 4 rings (SSSR count). The van der Waals surface area contributed by atoms with Crippen LogP contribution < -0.4 is 5.43 Å². The second kappa shape index (κ2) is 7.65. The number of piperazine rings is 1. The van der Waals surface area contributed by atoms with Crippen LogP contribution in [0.15, 0.2) is 29.4 Å². The van der Waals surface area contributed by atoms with Crippen molar-refractivity contribution >= 4 is 28.8 Å². The Kier molecular flexibility index (Phi) is 5.35. The maximum atomic E-state index is 13.8. The first-order valence-corrected chi connectivity index (χ1v) is 11.2. The van der Waals surface area contributed by atoms with E-state index >= 15 is 0 Å². The Morgan fingerprint density at radius 1 is 1.12 bits per heavy atom. The highest BCUT2D eigenvalue weighted by Gasteiger charge is 2.77. The van der Waals surface area contributed by atoms with Crippen LogP contribution in [0.25, 0.3) is 0 Å². The Labute approximate surface area is 188 Å². The van der Waals surface area contributed by atoms with Crippen molar-refractivity contribution in [3.05, 3.63) is 34.4 Å². The summed E-state index contributed by atoms with van der Waals surface area (Å²) < 4.78 is 0. The smallest absolute Gasteiger partial charge is 0.269 e. The van der Waals surface area contributed by atoms with Gasteiger partial charge in [0.05, 0.1) is 10.6 Å². The van der Waals surface area contributed by atoms with Crippen LogP contribution in [0.3, 0.4) is 0 Å². The first kappa shape index (κ1) is 22.4. The minimum atomic E-state index is -1.09. The van der Waals surface area contributed by atoms with E-state index in [1.807, 2.05) is 25.7 Å². The zero-order valence-electron chi connectivity index (χ0n) is 19.2. The zero-order chi connectivity index (χ0) is 23.3. The number of rotatable bonds is 5. The minimum absolute atomic E-state index is 0.0139. The standard InChI is InChI=1S/C23H31N5O4/c1-5-26-12-14-27(15-13-26)20(30)23-11-10-22(4,21(23,2)3)18(19(23)29)25-24-16-6-8-17(9-7-16)28(31)32/h6-9,24H,5,10-15H2,1-4H3/b25-18+. The van der Waals surface area contributed by atoms with E-state index in [1.165, 1.54) is 12.1 Å². The van der Waals surface area contributed by atoms with E-state index in [0.717, 1.165) is 19.6 Å². The Morgan fingerprint density at radius 2 is 1.75 bits per heavy atom. The van der Waals surface area contributed by atoms with Gasteiger partial charge in [-0.25, -0.2) is 0 Å². The molecule has 32 heavy (non-hydrogen) atoms. The molecule has 1 aromatic carbocycles. The second-order valence-electron chi connectivity index (χ2n) is 9.79.